The van der Waals surface area contributed by atoms with Gasteiger partial charge in [0.25, 0.3) is 0 Å². The molecule has 0 heterocycles. The fourth-order valence-electron chi connectivity index (χ4n) is 3.26. The molecule has 0 bridgehead atoms. The summed E-state index contributed by atoms with van der Waals surface area (Å²) in [5.41, 5.74) is 2.22. The summed E-state index contributed by atoms with van der Waals surface area (Å²) in [6, 6.07) is 13.2. The maximum atomic E-state index is 13.4. The summed E-state index contributed by atoms with van der Waals surface area (Å²) >= 11 is 0. The second-order valence-electron chi connectivity index (χ2n) is 8.32. The molecule has 2 rings (SSSR count). The zero-order valence-corrected chi connectivity index (χ0v) is 20.8. The SMILES string of the molecule is COc1cccc(N(CC(=O)N(Cc2ccc(C)cc2)[C@H](C)C(=O)NC(C)C)S(C)(=O)=O)c1. The number of aryl methyl sites for hydroxylation is 1. The molecule has 180 valence electrons. The van der Waals surface area contributed by atoms with Gasteiger partial charge in [-0.2, -0.15) is 0 Å². The minimum absolute atomic E-state index is 0.0967. The Hall–Kier alpha value is -3.07. The number of carbonyl (C=O) groups excluding carboxylic acids is 2. The van der Waals surface area contributed by atoms with Gasteiger partial charge in [-0.05, 0) is 45.4 Å². The van der Waals surface area contributed by atoms with Crippen LogP contribution in [0, 0.1) is 6.92 Å². The van der Waals surface area contributed by atoms with Crippen LogP contribution < -0.4 is 14.4 Å². The van der Waals surface area contributed by atoms with E-state index in [1.807, 2.05) is 45.0 Å². The van der Waals surface area contributed by atoms with E-state index in [0.717, 1.165) is 21.7 Å². The van der Waals surface area contributed by atoms with E-state index < -0.39 is 28.5 Å². The number of hydrogen-bond acceptors (Lipinski definition) is 5. The smallest absolute Gasteiger partial charge is 0.244 e. The molecule has 0 aliphatic rings. The maximum Gasteiger partial charge on any atom is 0.244 e. The third-order valence-electron chi connectivity index (χ3n) is 5.09. The van der Waals surface area contributed by atoms with Gasteiger partial charge < -0.3 is 15.0 Å². The first kappa shape index (κ1) is 26.2. The topological polar surface area (TPSA) is 96.0 Å². The first-order valence-corrected chi connectivity index (χ1v) is 12.5. The van der Waals surface area contributed by atoms with Crippen LogP contribution in [-0.2, 0) is 26.2 Å². The predicted molar refractivity (Wildman–Crippen MR) is 130 cm³/mol. The molecule has 0 aliphatic carbocycles. The normalized spacial score (nSPS) is 12.2. The molecular formula is C24H33N3O5S. The zero-order valence-electron chi connectivity index (χ0n) is 20.0. The number of benzene rings is 2. The molecule has 0 unspecified atom stereocenters. The summed E-state index contributed by atoms with van der Waals surface area (Å²) < 4.78 is 31.4. The fourth-order valence-corrected chi connectivity index (χ4v) is 4.10. The Morgan fingerprint density at radius 2 is 1.70 bits per heavy atom. The summed E-state index contributed by atoms with van der Waals surface area (Å²) in [4.78, 5) is 27.6. The van der Waals surface area contributed by atoms with Crippen molar-refractivity contribution < 1.29 is 22.7 Å². The first-order valence-electron chi connectivity index (χ1n) is 10.7. The van der Waals surface area contributed by atoms with Gasteiger partial charge in [0.05, 0.1) is 19.1 Å². The Labute approximate surface area is 196 Å². The second-order valence-corrected chi connectivity index (χ2v) is 10.2. The number of hydrogen-bond donors (Lipinski definition) is 1. The number of methoxy groups -OCH3 is 1. The van der Waals surface area contributed by atoms with E-state index in [4.69, 9.17) is 4.74 Å². The summed E-state index contributed by atoms with van der Waals surface area (Å²) in [7, 11) is -2.31. The molecule has 0 fully saturated rings. The number of anilines is 1. The van der Waals surface area contributed by atoms with Gasteiger partial charge in [-0.15, -0.1) is 0 Å². The second kappa shape index (κ2) is 11.2. The average molecular weight is 476 g/mol. The number of amides is 2. The number of sulfonamides is 1. The van der Waals surface area contributed by atoms with Crippen molar-refractivity contribution >= 4 is 27.5 Å². The lowest BCUT2D eigenvalue weighted by atomic mass is 10.1. The Morgan fingerprint density at radius 3 is 2.24 bits per heavy atom. The summed E-state index contributed by atoms with van der Waals surface area (Å²) in [6.45, 7) is 7.00. The Morgan fingerprint density at radius 1 is 1.06 bits per heavy atom. The van der Waals surface area contributed by atoms with Crippen LogP contribution in [-0.4, -0.2) is 57.1 Å². The van der Waals surface area contributed by atoms with Crippen LogP contribution in [0.15, 0.2) is 48.5 Å². The van der Waals surface area contributed by atoms with Crippen LogP contribution in [0.1, 0.15) is 31.9 Å². The van der Waals surface area contributed by atoms with Crippen molar-refractivity contribution in [2.24, 2.45) is 0 Å². The number of carbonyl (C=O) groups is 2. The molecule has 0 aliphatic heterocycles. The third kappa shape index (κ3) is 7.49. The monoisotopic (exact) mass is 475 g/mol. The molecule has 1 atom stereocenters. The predicted octanol–water partition coefficient (Wildman–Crippen LogP) is 2.71. The molecule has 0 aromatic heterocycles. The van der Waals surface area contributed by atoms with E-state index in [2.05, 4.69) is 5.32 Å². The van der Waals surface area contributed by atoms with E-state index in [1.165, 1.54) is 12.0 Å². The lowest BCUT2D eigenvalue weighted by Gasteiger charge is -2.32. The molecule has 33 heavy (non-hydrogen) atoms. The highest BCUT2D eigenvalue weighted by atomic mass is 32.2. The van der Waals surface area contributed by atoms with Crippen LogP contribution in [0.3, 0.4) is 0 Å². The van der Waals surface area contributed by atoms with Gasteiger partial charge >= 0.3 is 0 Å². The van der Waals surface area contributed by atoms with Crippen molar-refractivity contribution in [1.82, 2.24) is 10.2 Å². The number of nitrogens with zero attached hydrogens (tertiary/aromatic N) is 2. The van der Waals surface area contributed by atoms with E-state index >= 15 is 0 Å². The highest BCUT2D eigenvalue weighted by molar-refractivity contribution is 7.92. The Balaban J connectivity index is 2.39. The largest absolute Gasteiger partial charge is 0.497 e. The molecule has 0 radical (unpaired) electrons. The summed E-state index contributed by atoms with van der Waals surface area (Å²) in [6.07, 6.45) is 1.04. The van der Waals surface area contributed by atoms with E-state index in [0.29, 0.717) is 11.4 Å². The molecule has 0 spiro atoms. The van der Waals surface area contributed by atoms with Gasteiger partial charge in [-0.3, -0.25) is 13.9 Å². The lowest BCUT2D eigenvalue weighted by Crippen LogP contribution is -2.52. The minimum atomic E-state index is -3.79. The van der Waals surface area contributed by atoms with Gasteiger partial charge in [-0.25, -0.2) is 8.42 Å². The molecule has 0 saturated heterocycles. The van der Waals surface area contributed by atoms with Crippen molar-refractivity contribution in [3.8, 4) is 5.75 Å². The van der Waals surface area contributed by atoms with Crippen molar-refractivity contribution in [3.05, 3.63) is 59.7 Å². The van der Waals surface area contributed by atoms with E-state index in [9.17, 15) is 18.0 Å². The highest BCUT2D eigenvalue weighted by Crippen LogP contribution is 2.23. The number of nitrogens with one attached hydrogen (secondary N) is 1. The Kier molecular flexibility index (Phi) is 8.87. The van der Waals surface area contributed by atoms with Crippen LogP contribution in [0.5, 0.6) is 5.75 Å². The standard InChI is InChI=1S/C24H33N3O5S/c1-17(2)25-24(29)19(4)26(15-20-12-10-18(3)11-13-20)23(28)16-27(33(6,30)31)21-8-7-9-22(14-21)32-5/h7-14,17,19H,15-16H2,1-6H3,(H,25,29)/t19-/m1/s1. The number of ether oxygens (including phenoxy) is 1. The highest BCUT2D eigenvalue weighted by Gasteiger charge is 2.30. The van der Waals surface area contributed by atoms with E-state index in [-0.39, 0.29) is 18.5 Å². The van der Waals surface area contributed by atoms with Crippen LogP contribution in [0.2, 0.25) is 0 Å². The molecule has 2 aromatic carbocycles. The van der Waals surface area contributed by atoms with Gasteiger partial charge in [0.2, 0.25) is 21.8 Å². The molecular weight excluding hydrogens is 442 g/mol. The zero-order chi connectivity index (χ0) is 24.8. The van der Waals surface area contributed by atoms with Crippen molar-refractivity contribution in [1.29, 1.82) is 0 Å². The minimum Gasteiger partial charge on any atom is -0.497 e. The quantitative estimate of drug-likeness (QED) is 0.570. The van der Waals surface area contributed by atoms with Gasteiger partial charge in [0.15, 0.2) is 0 Å². The maximum absolute atomic E-state index is 13.4. The van der Waals surface area contributed by atoms with Crippen LogP contribution >= 0.6 is 0 Å². The first-order chi connectivity index (χ1) is 15.4. The molecule has 8 nitrogen and oxygen atoms in total. The van der Waals surface area contributed by atoms with E-state index in [1.54, 1.807) is 31.2 Å². The van der Waals surface area contributed by atoms with Crippen molar-refractivity contribution in [2.75, 3.05) is 24.2 Å². The number of rotatable bonds is 10. The van der Waals surface area contributed by atoms with Crippen LogP contribution in [0.4, 0.5) is 5.69 Å². The average Bonchev–Trinajstić information content (AvgIpc) is 2.75. The molecule has 1 N–H and O–H groups in total. The van der Waals surface area contributed by atoms with Gasteiger partial charge in [0, 0.05) is 18.7 Å². The van der Waals surface area contributed by atoms with Crippen molar-refractivity contribution in [2.45, 2.75) is 46.3 Å². The molecule has 2 amide bonds. The Bertz CT molecular complexity index is 1070. The molecule has 0 saturated carbocycles. The fraction of sp³-hybridized carbons (Fsp3) is 0.417. The summed E-state index contributed by atoms with van der Waals surface area (Å²) in [5.74, 6) is -0.331. The van der Waals surface area contributed by atoms with Gasteiger partial charge in [-0.1, -0.05) is 35.9 Å². The van der Waals surface area contributed by atoms with Crippen molar-refractivity contribution in [3.63, 3.8) is 0 Å². The molecule has 2 aromatic rings. The summed E-state index contributed by atoms with van der Waals surface area (Å²) in [5, 5.41) is 2.82. The molecule has 9 heteroatoms. The lowest BCUT2D eigenvalue weighted by molar-refractivity contribution is -0.139. The third-order valence-corrected chi connectivity index (χ3v) is 6.23. The van der Waals surface area contributed by atoms with Crippen LogP contribution in [0.25, 0.3) is 0 Å². The van der Waals surface area contributed by atoms with Gasteiger partial charge in [0.1, 0.15) is 18.3 Å².